The molecule has 1 aromatic rings. The molecule has 1 aliphatic rings. The minimum atomic E-state index is -3.44. The number of rotatable bonds is 5. The van der Waals surface area contributed by atoms with E-state index in [1.807, 2.05) is 0 Å². The molecule has 2 rings (SSSR count). The molecular formula is C13H19N3O3S. The van der Waals surface area contributed by atoms with Crippen molar-refractivity contribution in [2.24, 2.45) is 0 Å². The molecule has 0 saturated carbocycles. The molecule has 7 heteroatoms. The number of carbonyl (C=O) groups excluding carboxylic acids is 1. The molecule has 0 bridgehead atoms. The Morgan fingerprint density at radius 2 is 1.95 bits per heavy atom. The summed E-state index contributed by atoms with van der Waals surface area (Å²) < 4.78 is 26.2. The average molecular weight is 297 g/mol. The zero-order chi connectivity index (χ0) is 14.8. The Bertz CT molecular complexity index is 579. The fraction of sp³-hybridized carbons (Fsp3) is 0.462. The van der Waals surface area contributed by atoms with Crippen molar-refractivity contribution >= 4 is 15.9 Å². The highest BCUT2D eigenvalue weighted by Gasteiger charge is 2.31. The highest BCUT2D eigenvalue weighted by Crippen LogP contribution is 2.18. The van der Waals surface area contributed by atoms with Gasteiger partial charge in [-0.3, -0.25) is 4.79 Å². The van der Waals surface area contributed by atoms with Crippen LogP contribution in [0.2, 0.25) is 0 Å². The SMILES string of the molecule is CC(=O)NCc1ccc(S(=O)(=O)N(C)C2CNC2)cc1. The molecule has 0 spiro atoms. The van der Waals surface area contributed by atoms with Gasteiger partial charge >= 0.3 is 0 Å². The second-order valence-electron chi connectivity index (χ2n) is 4.89. The third-order valence-corrected chi connectivity index (χ3v) is 5.34. The Balaban J connectivity index is 2.10. The van der Waals surface area contributed by atoms with Gasteiger partial charge in [0.25, 0.3) is 0 Å². The normalized spacial score (nSPS) is 15.9. The van der Waals surface area contributed by atoms with Crippen molar-refractivity contribution < 1.29 is 13.2 Å². The first kappa shape index (κ1) is 15.0. The summed E-state index contributed by atoms with van der Waals surface area (Å²) in [5, 5.41) is 5.73. The standard InChI is InChI=1S/C13H19N3O3S/c1-10(17)15-7-11-3-5-13(6-4-11)20(18,19)16(2)12-8-14-9-12/h3-6,12,14H,7-9H2,1-2H3,(H,15,17). The van der Waals surface area contributed by atoms with E-state index < -0.39 is 10.0 Å². The lowest BCUT2D eigenvalue weighted by Crippen LogP contribution is -2.57. The first-order valence-electron chi connectivity index (χ1n) is 6.43. The molecule has 0 atom stereocenters. The summed E-state index contributed by atoms with van der Waals surface area (Å²) in [6.45, 7) is 3.23. The molecule has 1 saturated heterocycles. The Hall–Kier alpha value is -1.44. The fourth-order valence-electron chi connectivity index (χ4n) is 1.90. The molecule has 1 aliphatic heterocycles. The van der Waals surface area contributed by atoms with Crippen LogP contribution in [0.4, 0.5) is 0 Å². The van der Waals surface area contributed by atoms with Gasteiger partial charge in [-0.25, -0.2) is 8.42 Å². The van der Waals surface area contributed by atoms with Gasteiger partial charge in [-0.15, -0.1) is 0 Å². The van der Waals surface area contributed by atoms with E-state index in [0.29, 0.717) is 19.6 Å². The average Bonchev–Trinajstić information content (AvgIpc) is 2.34. The highest BCUT2D eigenvalue weighted by molar-refractivity contribution is 7.89. The Morgan fingerprint density at radius 3 is 2.40 bits per heavy atom. The summed E-state index contributed by atoms with van der Waals surface area (Å²) in [5.41, 5.74) is 0.868. The van der Waals surface area contributed by atoms with Crippen LogP contribution < -0.4 is 10.6 Å². The van der Waals surface area contributed by atoms with E-state index in [-0.39, 0.29) is 16.8 Å². The molecular weight excluding hydrogens is 278 g/mol. The van der Waals surface area contributed by atoms with Gasteiger partial charge < -0.3 is 10.6 Å². The Kier molecular flexibility index (Phi) is 4.42. The minimum absolute atomic E-state index is 0.0269. The summed E-state index contributed by atoms with van der Waals surface area (Å²) in [7, 11) is -1.84. The first-order chi connectivity index (χ1) is 9.41. The van der Waals surface area contributed by atoms with Crippen LogP contribution >= 0.6 is 0 Å². The molecule has 1 fully saturated rings. The summed E-state index contributed by atoms with van der Waals surface area (Å²) in [5.74, 6) is -0.112. The van der Waals surface area contributed by atoms with Crippen LogP contribution in [-0.4, -0.2) is 44.8 Å². The molecule has 1 aromatic carbocycles. The van der Waals surface area contributed by atoms with Gasteiger partial charge in [0.1, 0.15) is 0 Å². The predicted octanol–water partition coefficient (Wildman–Crippen LogP) is -0.0850. The summed E-state index contributed by atoms with van der Waals surface area (Å²) in [6.07, 6.45) is 0. The number of likely N-dealkylation sites (N-methyl/N-ethyl adjacent to an activating group) is 1. The van der Waals surface area contributed by atoms with Gasteiger partial charge in [0.2, 0.25) is 15.9 Å². The van der Waals surface area contributed by atoms with E-state index in [9.17, 15) is 13.2 Å². The number of sulfonamides is 1. The van der Waals surface area contributed by atoms with E-state index in [2.05, 4.69) is 10.6 Å². The topological polar surface area (TPSA) is 78.5 Å². The lowest BCUT2D eigenvalue weighted by atomic mass is 10.2. The second-order valence-corrected chi connectivity index (χ2v) is 6.88. The molecule has 0 unspecified atom stereocenters. The lowest BCUT2D eigenvalue weighted by molar-refractivity contribution is -0.119. The van der Waals surface area contributed by atoms with Crippen LogP contribution in [0.5, 0.6) is 0 Å². The monoisotopic (exact) mass is 297 g/mol. The summed E-state index contributed by atoms with van der Waals surface area (Å²) in [4.78, 5) is 11.1. The second kappa shape index (κ2) is 5.90. The van der Waals surface area contributed by atoms with Crippen molar-refractivity contribution in [1.29, 1.82) is 0 Å². The summed E-state index contributed by atoms with van der Waals surface area (Å²) >= 11 is 0. The van der Waals surface area contributed by atoms with Gasteiger partial charge in [0.15, 0.2) is 0 Å². The van der Waals surface area contributed by atoms with Crippen molar-refractivity contribution in [1.82, 2.24) is 14.9 Å². The molecule has 20 heavy (non-hydrogen) atoms. The van der Waals surface area contributed by atoms with E-state index in [0.717, 1.165) is 5.56 Å². The van der Waals surface area contributed by atoms with E-state index >= 15 is 0 Å². The third kappa shape index (κ3) is 3.17. The largest absolute Gasteiger partial charge is 0.352 e. The molecule has 6 nitrogen and oxygen atoms in total. The molecule has 0 aliphatic carbocycles. The summed E-state index contributed by atoms with van der Waals surface area (Å²) in [6, 6.07) is 6.62. The van der Waals surface area contributed by atoms with Crippen LogP contribution in [0.3, 0.4) is 0 Å². The molecule has 110 valence electrons. The molecule has 1 heterocycles. The maximum absolute atomic E-state index is 12.4. The van der Waals surface area contributed by atoms with E-state index in [4.69, 9.17) is 0 Å². The van der Waals surface area contributed by atoms with Crippen molar-refractivity contribution in [3.63, 3.8) is 0 Å². The Labute approximate surface area is 119 Å². The number of carbonyl (C=O) groups is 1. The predicted molar refractivity (Wildman–Crippen MR) is 75.6 cm³/mol. The number of hydrogen-bond donors (Lipinski definition) is 2. The van der Waals surface area contributed by atoms with Crippen molar-refractivity contribution in [3.8, 4) is 0 Å². The van der Waals surface area contributed by atoms with Gasteiger partial charge in [-0.2, -0.15) is 4.31 Å². The van der Waals surface area contributed by atoms with E-state index in [1.165, 1.54) is 11.2 Å². The van der Waals surface area contributed by atoms with Crippen LogP contribution in [0, 0.1) is 0 Å². The van der Waals surface area contributed by atoms with Crippen LogP contribution in [-0.2, 0) is 21.4 Å². The number of benzene rings is 1. The van der Waals surface area contributed by atoms with Crippen LogP contribution in [0.1, 0.15) is 12.5 Å². The first-order valence-corrected chi connectivity index (χ1v) is 7.87. The Morgan fingerprint density at radius 1 is 1.35 bits per heavy atom. The van der Waals surface area contributed by atoms with E-state index in [1.54, 1.807) is 31.3 Å². The third-order valence-electron chi connectivity index (χ3n) is 3.42. The van der Waals surface area contributed by atoms with Crippen LogP contribution in [0.25, 0.3) is 0 Å². The van der Waals surface area contributed by atoms with Gasteiger partial charge in [-0.1, -0.05) is 12.1 Å². The molecule has 2 N–H and O–H groups in total. The molecule has 1 amide bonds. The van der Waals surface area contributed by atoms with Gasteiger partial charge in [0.05, 0.1) is 4.90 Å². The van der Waals surface area contributed by atoms with Crippen molar-refractivity contribution in [2.45, 2.75) is 24.4 Å². The maximum atomic E-state index is 12.4. The fourth-order valence-corrected chi connectivity index (χ4v) is 3.25. The number of hydrogen-bond acceptors (Lipinski definition) is 4. The minimum Gasteiger partial charge on any atom is -0.352 e. The lowest BCUT2D eigenvalue weighted by Gasteiger charge is -2.34. The highest BCUT2D eigenvalue weighted by atomic mass is 32.2. The smallest absolute Gasteiger partial charge is 0.243 e. The van der Waals surface area contributed by atoms with Crippen LogP contribution in [0.15, 0.2) is 29.2 Å². The maximum Gasteiger partial charge on any atom is 0.243 e. The number of amides is 1. The van der Waals surface area contributed by atoms with Gasteiger partial charge in [-0.05, 0) is 17.7 Å². The zero-order valence-electron chi connectivity index (χ0n) is 11.6. The van der Waals surface area contributed by atoms with Crippen molar-refractivity contribution in [2.75, 3.05) is 20.1 Å². The molecule has 0 aromatic heterocycles. The quantitative estimate of drug-likeness (QED) is 0.796. The number of nitrogens with one attached hydrogen (secondary N) is 2. The number of nitrogens with zero attached hydrogens (tertiary/aromatic N) is 1. The molecule has 0 radical (unpaired) electrons. The zero-order valence-corrected chi connectivity index (χ0v) is 12.4. The van der Waals surface area contributed by atoms with Crippen molar-refractivity contribution in [3.05, 3.63) is 29.8 Å². The van der Waals surface area contributed by atoms with Gasteiger partial charge in [0, 0.05) is 39.6 Å².